The molecule has 0 spiro atoms. The van der Waals surface area contributed by atoms with Gasteiger partial charge in [-0.25, -0.2) is 23.6 Å². The molecule has 0 radical (unpaired) electrons. The molecular formula is C20H25F2N5O2. The molecule has 0 aromatic carbocycles. The van der Waals surface area contributed by atoms with Gasteiger partial charge in [0.05, 0.1) is 5.69 Å². The molecule has 2 saturated heterocycles. The number of aliphatic imine (C=N–C) groups is 1. The lowest BCUT2D eigenvalue weighted by atomic mass is 9.97. The number of ether oxygens (including phenoxy) is 1. The maximum Gasteiger partial charge on any atom is 0.413 e. The van der Waals surface area contributed by atoms with Gasteiger partial charge in [0.15, 0.2) is 6.10 Å². The Kier molecular flexibility index (Phi) is 6.26. The summed E-state index contributed by atoms with van der Waals surface area (Å²) >= 11 is 0. The van der Waals surface area contributed by atoms with Crippen LogP contribution in [0.15, 0.2) is 35.5 Å². The van der Waals surface area contributed by atoms with Gasteiger partial charge in [-0.05, 0) is 44.0 Å². The van der Waals surface area contributed by atoms with E-state index in [0.717, 1.165) is 31.0 Å². The van der Waals surface area contributed by atoms with Crippen LogP contribution in [0.2, 0.25) is 0 Å². The van der Waals surface area contributed by atoms with E-state index in [2.05, 4.69) is 34.0 Å². The average Bonchev–Trinajstić information content (AvgIpc) is 2.67. The van der Waals surface area contributed by atoms with Crippen LogP contribution < -0.4 is 15.5 Å². The van der Waals surface area contributed by atoms with Crippen LogP contribution in [-0.4, -0.2) is 55.1 Å². The quantitative estimate of drug-likeness (QED) is 0.805. The van der Waals surface area contributed by atoms with Gasteiger partial charge in [0, 0.05) is 37.4 Å². The number of anilines is 1. The minimum Gasteiger partial charge on any atom is -0.435 e. The van der Waals surface area contributed by atoms with E-state index in [-0.39, 0.29) is 11.4 Å². The zero-order valence-corrected chi connectivity index (χ0v) is 16.7. The number of nitrogens with zero attached hydrogens (tertiary/aromatic N) is 3. The van der Waals surface area contributed by atoms with E-state index in [1.807, 2.05) is 19.1 Å². The van der Waals surface area contributed by atoms with Gasteiger partial charge in [-0.15, -0.1) is 0 Å². The number of nitrogens with one attached hydrogen (secondary N) is 2. The highest BCUT2D eigenvalue weighted by Crippen LogP contribution is 2.29. The molecular weight excluding hydrogens is 380 g/mol. The van der Waals surface area contributed by atoms with Crippen molar-refractivity contribution < 1.29 is 18.3 Å². The smallest absolute Gasteiger partial charge is 0.413 e. The second-order valence-electron chi connectivity index (χ2n) is 7.17. The van der Waals surface area contributed by atoms with Crippen LogP contribution in [0.25, 0.3) is 5.57 Å². The molecule has 3 rings (SSSR count). The number of amidine groups is 1. The van der Waals surface area contributed by atoms with Crippen molar-refractivity contribution in [1.82, 2.24) is 15.6 Å². The van der Waals surface area contributed by atoms with Crippen LogP contribution >= 0.6 is 0 Å². The Hall–Kier alpha value is -2.81. The Morgan fingerprint density at radius 1 is 1.48 bits per heavy atom. The lowest BCUT2D eigenvalue weighted by molar-refractivity contribution is 0.00249. The van der Waals surface area contributed by atoms with Gasteiger partial charge in [0.2, 0.25) is 0 Å². The molecule has 2 unspecified atom stereocenters. The van der Waals surface area contributed by atoms with E-state index in [1.165, 1.54) is 6.20 Å². The van der Waals surface area contributed by atoms with Gasteiger partial charge in [-0.3, -0.25) is 5.32 Å². The first-order valence-electron chi connectivity index (χ1n) is 9.43. The van der Waals surface area contributed by atoms with Crippen molar-refractivity contribution in [3.63, 3.8) is 0 Å². The molecule has 0 aliphatic carbocycles. The van der Waals surface area contributed by atoms with Gasteiger partial charge < -0.3 is 15.0 Å². The predicted molar refractivity (Wildman–Crippen MR) is 108 cm³/mol. The first-order chi connectivity index (χ1) is 13.8. The Morgan fingerprint density at radius 3 is 2.90 bits per heavy atom. The molecule has 29 heavy (non-hydrogen) atoms. The van der Waals surface area contributed by atoms with Crippen LogP contribution in [0.1, 0.15) is 25.1 Å². The first kappa shape index (κ1) is 20.9. The van der Waals surface area contributed by atoms with Gasteiger partial charge in [-0.2, -0.15) is 0 Å². The molecule has 3 heterocycles. The molecule has 7 nitrogen and oxygen atoms in total. The van der Waals surface area contributed by atoms with Gasteiger partial charge >= 0.3 is 6.09 Å². The van der Waals surface area contributed by atoms with Crippen LogP contribution in [0.3, 0.4) is 0 Å². The first-order valence-corrected chi connectivity index (χ1v) is 9.43. The summed E-state index contributed by atoms with van der Waals surface area (Å²) in [4.78, 5) is 22.5. The number of allylic oxidation sites excluding steroid dienone is 1. The van der Waals surface area contributed by atoms with E-state index in [1.54, 1.807) is 6.92 Å². The summed E-state index contributed by atoms with van der Waals surface area (Å²) in [7, 11) is 0. The Labute approximate surface area is 168 Å². The van der Waals surface area contributed by atoms with E-state index in [9.17, 15) is 13.6 Å². The summed E-state index contributed by atoms with van der Waals surface area (Å²) in [5, 5.41) is 5.76. The second-order valence-corrected chi connectivity index (χ2v) is 7.17. The van der Waals surface area contributed by atoms with Crippen molar-refractivity contribution in [2.75, 3.05) is 24.5 Å². The number of pyridine rings is 1. The minimum atomic E-state index is -2.90. The monoisotopic (exact) mass is 405 g/mol. The maximum atomic E-state index is 13.7. The number of carbonyl (C=O) groups excluding carboxylic acids is 1. The highest BCUT2D eigenvalue weighted by molar-refractivity contribution is 6.13. The lowest BCUT2D eigenvalue weighted by Crippen LogP contribution is -2.49. The van der Waals surface area contributed by atoms with Crippen molar-refractivity contribution >= 4 is 23.3 Å². The van der Waals surface area contributed by atoms with E-state index in [4.69, 9.17) is 9.72 Å². The van der Waals surface area contributed by atoms with Crippen molar-refractivity contribution in [2.24, 2.45) is 4.99 Å². The number of halogens is 2. The van der Waals surface area contributed by atoms with Gasteiger partial charge in [-0.1, -0.05) is 6.58 Å². The average molecular weight is 405 g/mol. The molecule has 1 amide bonds. The summed E-state index contributed by atoms with van der Waals surface area (Å²) in [5.74, 6) is 0.782. The molecule has 9 heteroatoms. The fraction of sp³-hybridized carbons (Fsp3) is 0.450. The van der Waals surface area contributed by atoms with Crippen LogP contribution in [0.5, 0.6) is 0 Å². The number of alkyl halides is 2. The van der Waals surface area contributed by atoms with Crippen LogP contribution in [-0.2, 0) is 4.74 Å². The summed E-state index contributed by atoms with van der Waals surface area (Å²) in [6.07, 6.45) is -4.42. The predicted octanol–water partition coefficient (Wildman–Crippen LogP) is 2.88. The molecule has 2 aliphatic heterocycles. The highest BCUT2D eigenvalue weighted by Gasteiger charge is 2.38. The van der Waals surface area contributed by atoms with Crippen molar-refractivity contribution in [3.8, 4) is 0 Å². The normalized spacial score (nSPS) is 25.7. The number of aromatic nitrogens is 1. The van der Waals surface area contributed by atoms with E-state index in [0.29, 0.717) is 17.3 Å². The Morgan fingerprint density at radius 2 is 2.24 bits per heavy atom. The zero-order chi connectivity index (χ0) is 21.1. The number of piperazine rings is 1. The second kappa shape index (κ2) is 8.69. The standard InChI is InChI=1S/C20H25F2N5O2/c1-5-23-19-16(17(18(21)22)29-20(28)26-19)13(4)14-8-11(2)9-15(25-14)27-7-6-24-12(3)10-27/h5,8-9,12,17-18,24H,1,6-7,10H2,2-4H3,(H,23,26,28)/b16-13+. The number of rotatable bonds is 4. The third kappa shape index (κ3) is 4.61. The highest BCUT2D eigenvalue weighted by atomic mass is 19.3. The lowest BCUT2D eigenvalue weighted by Gasteiger charge is -2.33. The molecule has 1 aromatic heterocycles. The summed E-state index contributed by atoms with van der Waals surface area (Å²) in [6, 6.07) is 4.12. The maximum absolute atomic E-state index is 13.7. The zero-order valence-electron chi connectivity index (χ0n) is 16.7. The molecule has 156 valence electrons. The van der Waals surface area contributed by atoms with Crippen LogP contribution in [0.4, 0.5) is 19.4 Å². The summed E-state index contributed by atoms with van der Waals surface area (Å²) in [6.45, 7) is 11.6. The number of hydrogen-bond acceptors (Lipinski definition) is 6. The van der Waals surface area contributed by atoms with E-state index >= 15 is 0 Å². The van der Waals surface area contributed by atoms with Crippen LogP contribution in [0, 0.1) is 6.92 Å². The molecule has 0 saturated carbocycles. The number of hydrogen-bond donors (Lipinski definition) is 2. The summed E-state index contributed by atoms with van der Waals surface area (Å²) < 4.78 is 32.2. The number of carbonyl (C=O) groups is 1. The number of aryl methyl sites for hydroxylation is 1. The molecule has 2 N–H and O–H groups in total. The number of alkyl carbamates (subject to hydrolysis) is 1. The molecule has 0 bridgehead atoms. The van der Waals surface area contributed by atoms with Crippen molar-refractivity contribution in [1.29, 1.82) is 0 Å². The number of cyclic esters (lactones) is 1. The Balaban J connectivity index is 2.09. The molecule has 1 aromatic rings. The SMILES string of the molecule is C=CN=C1NC(=O)OC(C(F)F)/C1=C(/C)c1cc(C)cc(N2CCNC(C)C2)n1. The fourth-order valence-electron chi connectivity index (χ4n) is 3.55. The topological polar surface area (TPSA) is 78.8 Å². The van der Waals surface area contributed by atoms with Crippen molar-refractivity contribution in [3.05, 3.63) is 41.7 Å². The molecule has 2 fully saturated rings. The third-order valence-corrected chi connectivity index (χ3v) is 4.88. The largest absolute Gasteiger partial charge is 0.435 e. The van der Waals surface area contributed by atoms with Gasteiger partial charge in [0.25, 0.3) is 6.43 Å². The molecule has 2 aliphatic rings. The van der Waals surface area contributed by atoms with E-state index < -0.39 is 18.6 Å². The number of amides is 1. The molecule has 2 atom stereocenters. The fourth-order valence-corrected chi connectivity index (χ4v) is 3.55. The minimum absolute atomic E-state index is 0.000277. The van der Waals surface area contributed by atoms with Crippen molar-refractivity contribution in [2.45, 2.75) is 39.3 Å². The Bertz CT molecular complexity index is 868. The summed E-state index contributed by atoms with van der Waals surface area (Å²) in [5.41, 5.74) is 2.04. The third-order valence-electron chi connectivity index (χ3n) is 4.88. The van der Waals surface area contributed by atoms with Gasteiger partial charge in [0.1, 0.15) is 11.7 Å².